The van der Waals surface area contributed by atoms with Gasteiger partial charge in [0.25, 0.3) is 5.91 Å². The van der Waals surface area contributed by atoms with Gasteiger partial charge in [0.05, 0.1) is 18.1 Å². The van der Waals surface area contributed by atoms with E-state index in [2.05, 4.69) is 31.3 Å². The summed E-state index contributed by atoms with van der Waals surface area (Å²) in [5.74, 6) is 0.414. The first-order valence-corrected chi connectivity index (χ1v) is 13.6. The normalized spacial score (nSPS) is 31.8. The Kier molecular flexibility index (Phi) is 6.77. The molecule has 1 aliphatic carbocycles. The van der Waals surface area contributed by atoms with Crippen LogP contribution in [0.1, 0.15) is 79.3 Å². The average molecular weight is 510 g/mol. The first kappa shape index (κ1) is 25.1. The lowest BCUT2D eigenvalue weighted by Crippen LogP contribution is -2.43. The Morgan fingerprint density at radius 3 is 2.64 bits per heavy atom. The Morgan fingerprint density at radius 2 is 1.97 bits per heavy atom. The zero-order valence-corrected chi connectivity index (χ0v) is 21.8. The molecule has 0 spiro atoms. The summed E-state index contributed by atoms with van der Waals surface area (Å²) < 4.78 is 0. The molecule has 36 heavy (non-hydrogen) atoms. The molecule has 1 saturated carbocycles. The number of halogens is 1. The maximum Gasteiger partial charge on any atom is 0.254 e. The minimum Gasteiger partial charge on any atom is -0.399 e. The molecule has 2 amide bonds. The van der Waals surface area contributed by atoms with Gasteiger partial charge in [-0.3, -0.25) is 9.59 Å². The van der Waals surface area contributed by atoms with Crippen LogP contribution in [0.15, 0.2) is 42.5 Å². The van der Waals surface area contributed by atoms with Gasteiger partial charge in [0.2, 0.25) is 5.91 Å². The SMILES string of the molecule is CC[C@@]12CC[C@@H](c3ccc(C(=O)N4CCC[C@@H]4CO)cc3Cl)[C@H](c3ccc(N)cc3)[C@@H]1[C@@H](C)NC2=O. The Balaban J connectivity index is 1.53. The maximum atomic E-state index is 13.2. The number of likely N-dealkylation sites (tertiary alicyclic amines) is 1. The summed E-state index contributed by atoms with van der Waals surface area (Å²) in [6.07, 6.45) is 4.17. The number of nitrogens with two attached hydrogens (primary N) is 1. The Hall–Kier alpha value is -2.57. The van der Waals surface area contributed by atoms with Gasteiger partial charge in [-0.15, -0.1) is 0 Å². The van der Waals surface area contributed by atoms with Crippen molar-refractivity contribution in [2.45, 2.75) is 69.9 Å². The number of rotatable bonds is 5. The van der Waals surface area contributed by atoms with E-state index in [0.717, 1.165) is 37.7 Å². The predicted octanol–water partition coefficient (Wildman–Crippen LogP) is 4.71. The monoisotopic (exact) mass is 509 g/mol. The van der Waals surface area contributed by atoms with E-state index in [0.29, 0.717) is 22.8 Å². The lowest BCUT2D eigenvalue weighted by Gasteiger charge is -2.47. The Bertz CT molecular complexity index is 1150. The number of hydrogen-bond acceptors (Lipinski definition) is 4. The summed E-state index contributed by atoms with van der Waals surface area (Å²) in [7, 11) is 0. The molecule has 4 N–H and O–H groups in total. The summed E-state index contributed by atoms with van der Waals surface area (Å²) in [6.45, 7) is 4.87. The quantitative estimate of drug-likeness (QED) is 0.508. The van der Waals surface area contributed by atoms with Gasteiger partial charge in [0.1, 0.15) is 0 Å². The molecule has 6 nitrogen and oxygen atoms in total. The molecule has 5 rings (SSSR count). The number of aliphatic hydroxyl groups excluding tert-OH is 1. The van der Waals surface area contributed by atoms with E-state index in [4.69, 9.17) is 17.3 Å². The van der Waals surface area contributed by atoms with E-state index in [9.17, 15) is 14.7 Å². The molecule has 3 fully saturated rings. The number of anilines is 1. The van der Waals surface area contributed by atoms with Crippen molar-refractivity contribution in [2.75, 3.05) is 18.9 Å². The second-order valence-corrected chi connectivity index (χ2v) is 11.3. The van der Waals surface area contributed by atoms with E-state index in [1.54, 1.807) is 11.0 Å². The van der Waals surface area contributed by atoms with Crippen molar-refractivity contribution in [3.63, 3.8) is 0 Å². The molecule has 6 atom stereocenters. The maximum absolute atomic E-state index is 13.2. The summed E-state index contributed by atoms with van der Waals surface area (Å²) in [4.78, 5) is 28.1. The number of aliphatic hydroxyl groups is 1. The van der Waals surface area contributed by atoms with E-state index in [1.165, 1.54) is 5.56 Å². The van der Waals surface area contributed by atoms with Crippen LogP contribution in [0.25, 0.3) is 0 Å². The highest BCUT2D eigenvalue weighted by Crippen LogP contribution is 2.60. The number of nitrogens with zero attached hydrogens (tertiary/aromatic N) is 1. The van der Waals surface area contributed by atoms with Gasteiger partial charge >= 0.3 is 0 Å². The van der Waals surface area contributed by atoms with Gasteiger partial charge < -0.3 is 21.1 Å². The molecule has 0 unspecified atom stereocenters. The van der Waals surface area contributed by atoms with Crippen molar-refractivity contribution < 1.29 is 14.7 Å². The molecule has 7 heteroatoms. The van der Waals surface area contributed by atoms with Crippen molar-refractivity contribution in [3.8, 4) is 0 Å². The molecule has 192 valence electrons. The first-order valence-electron chi connectivity index (χ1n) is 13.2. The topological polar surface area (TPSA) is 95.7 Å². The van der Waals surface area contributed by atoms with Crippen LogP contribution in [0.2, 0.25) is 5.02 Å². The minimum absolute atomic E-state index is 0.0194. The molecule has 0 bridgehead atoms. The summed E-state index contributed by atoms with van der Waals surface area (Å²) in [5, 5.41) is 13.5. The number of fused-ring (bicyclic) bond motifs is 1. The van der Waals surface area contributed by atoms with Gasteiger partial charge in [-0.2, -0.15) is 0 Å². The molecule has 2 aromatic rings. The molecule has 2 aromatic carbocycles. The van der Waals surface area contributed by atoms with E-state index >= 15 is 0 Å². The van der Waals surface area contributed by atoms with Gasteiger partial charge in [-0.05, 0) is 86.3 Å². The molecule has 0 radical (unpaired) electrons. The summed E-state index contributed by atoms with van der Waals surface area (Å²) in [5.41, 5.74) is 9.08. The molecule has 3 aliphatic rings. The van der Waals surface area contributed by atoms with Crippen molar-refractivity contribution in [2.24, 2.45) is 11.3 Å². The Morgan fingerprint density at radius 1 is 1.22 bits per heavy atom. The predicted molar refractivity (Wildman–Crippen MR) is 142 cm³/mol. The van der Waals surface area contributed by atoms with Crippen molar-refractivity contribution >= 4 is 29.1 Å². The van der Waals surface area contributed by atoms with Crippen LogP contribution in [0.3, 0.4) is 0 Å². The molecule has 0 aromatic heterocycles. The lowest BCUT2D eigenvalue weighted by atomic mass is 9.54. The second-order valence-electron chi connectivity index (χ2n) is 10.8. The third-order valence-electron chi connectivity index (χ3n) is 9.16. The highest BCUT2D eigenvalue weighted by molar-refractivity contribution is 6.31. The van der Waals surface area contributed by atoms with Crippen LogP contribution in [0.4, 0.5) is 5.69 Å². The molecule has 2 heterocycles. The van der Waals surface area contributed by atoms with E-state index in [-0.39, 0.29) is 53.7 Å². The van der Waals surface area contributed by atoms with Crippen LogP contribution in [0, 0.1) is 11.3 Å². The van der Waals surface area contributed by atoms with Gasteiger partial charge in [0.15, 0.2) is 0 Å². The fourth-order valence-electron chi connectivity index (χ4n) is 7.35. The number of benzene rings is 2. The van der Waals surface area contributed by atoms with Crippen molar-refractivity contribution in [1.29, 1.82) is 0 Å². The Labute approximate surface area is 218 Å². The molecule has 2 aliphatic heterocycles. The van der Waals surface area contributed by atoms with Gasteiger partial charge in [-0.25, -0.2) is 0 Å². The average Bonchev–Trinajstić information content (AvgIpc) is 3.46. The number of carbonyl (C=O) groups is 2. The van der Waals surface area contributed by atoms with Gasteiger partial charge in [-0.1, -0.05) is 36.7 Å². The van der Waals surface area contributed by atoms with E-state index in [1.807, 2.05) is 24.3 Å². The number of nitrogens with one attached hydrogen (secondary N) is 1. The van der Waals surface area contributed by atoms with Gasteiger partial charge in [0, 0.05) is 34.8 Å². The van der Waals surface area contributed by atoms with Crippen LogP contribution in [0.5, 0.6) is 0 Å². The lowest BCUT2D eigenvalue weighted by molar-refractivity contribution is -0.131. The smallest absolute Gasteiger partial charge is 0.254 e. The standard InChI is InChI=1S/C29H36ClN3O3/c1-3-29-13-12-23(25(18-6-9-20(31)10-7-18)26(29)17(2)32-28(29)36)22-11-8-19(15-24(22)30)27(35)33-14-4-5-21(33)16-34/h6-11,15,17,21,23,25-26,34H,3-5,12-14,16,31H2,1-2H3,(H,32,36)/t17-,21-,23+,25+,26+,29-/m1/s1. The minimum atomic E-state index is -0.389. The molecular weight excluding hydrogens is 474 g/mol. The first-order chi connectivity index (χ1) is 17.3. The highest BCUT2D eigenvalue weighted by Gasteiger charge is 2.59. The summed E-state index contributed by atoms with van der Waals surface area (Å²) >= 11 is 6.92. The molecular formula is C29H36ClN3O3. The number of hydrogen-bond donors (Lipinski definition) is 3. The fraction of sp³-hybridized carbons (Fsp3) is 0.517. The number of amides is 2. The van der Waals surface area contributed by atoms with E-state index < -0.39 is 0 Å². The zero-order chi connectivity index (χ0) is 25.6. The number of carbonyl (C=O) groups excluding carboxylic acids is 2. The van der Waals surface area contributed by atoms with Crippen LogP contribution < -0.4 is 11.1 Å². The van der Waals surface area contributed by atoms with Crippen molar-refractivity contribution in [1.82, 2.24) is 10.2 Å². The third kappa shape index (κ3) is 3.99. The zero-order valence-electron chi connectivity index (χ0n) is 21.0. The largest absolute Gasteiger partial charge is 0.399 e. The van der Waals surface area contributed by atoms with Crippen LogP contribution >= 0.6 is 11.6 Å². The summed E-state index contributed by atoms with van der Waals surface area (Å²) in [6, 6.07) is 13.6. The highest BCUT2D eigenvalue weighted by atomic mass is 35.5. The molecule has 2 saturated heterocycles. The fourth-order valence-corrected chi connectivity index (χ4v) is 7.67. The third-order valence-corrected chi connectivity index (χ3v) is 9.48. The van der Waals surface area contributed by atoms with Crippen LogP contribution in [-0.2, 0) is 4.79 Å². The van der Waals surface area contributed by atoms with Crippen LogP contribution in [-0.4, -0.2) is 47.1 Å². The number of nitrogen functional groups attached to an aromatic ring is 1. The van der Waals surface area contributed by atoms with Crippen molar-refractivity contribution in [3.05, 3.63) is 64.2 Å². The second kappa shape index (κ2) is 9.71.